The Balaban J connectivity index is 0.00000243. The molecule has 5 nitrogen and oxygen atoms in total. The Labute approximate surface area is 164 Å². The number of hydrogen-bond donors (Lipinski definition) is 2. The highest BCUT2D eigenvalue weighted by molar-refractivity contribution is 6.30. The lowest BCUT2D eigenvalue weighted by Gasteiger charge is -2.23. The van der Waals surface area contributed by atoms with Gasteiger partial charge in [0.05, 0.1) is 6.61 Å². The summed E-state index contributed by atoms with van der Waals surface area (Å²) in [6.07, 6.45) is -0.452. The Kier molecular flexibility index (Phi) is 7.72. The highest BCUT2D eigenvalue weighted by Gasteiger charge is 2.22. The van der Waals surface area contributed by atoms with Crippen molar-refractivity contribution in [2.45, 2.75) is 19.6 Å². The van der Waals surface area contributed by atoms with E-state index < -0.39 is 6.10 Å². The van der Waals surface area contributed by atoms with Gasteiger partial charge in [-0.05, 0) is 48.4 Å². The molecule has 0 spiro atoms. The van der Waals surface area contributed by atoms with Crippen LogP contribution >= 0.6 is 24.0 Å². The first kappa shape index (κ1) is 20.5. The third-order valence-corrected chi connectivity index (χ3v) is 4.21. The van der Waals surface area contributed by atoms with Crippen LogP contribution in [0.1, 0.15) is 11.1 Å². The molecule has 3 rings (SSSR count). The van der Waals surface area contributed by atoms with Crippen molar-refractivity contribution in [1.29, 1.82) is 0 Å². The number of aryl methyl sites for hydroxylation is 1. The van der Waals surface area contributed by atoms with Crippen LogP contribution in [0.3, 0.4) is 0 Å². The van der Waals surface area contributed by atoms with Gasteiger partial charge in [-0.2, -0.15) is 0 Å². The standard InChI is InChI=1S/C19H21ClN2O3.ClH/c1-13-9-16(25-12-14-3-2-4-15(20)10-14)5-6-17(13)22-19(23)18-11-21-7-8-24-18;/h2-6,9-10,18,21H,7-8,11-12H2,1H3,(H,22,23);1H. The van der Waals surface area contributed by atoms with E-state index in [2.05, 4.69) is 10.6 Å². The van der Waals surface area contributed by atoms with Gasteiger partial charge in [0.25, 0.3) is 5.91 Å². The van der Waals surface area contributed by atoms with Gasteiger partial charge in [-0.25, -0.2) is 0 Å². The number of morpholine rings is 1. The fraction of sp³-hybridized carbons (Fsp3) is 0.316. The van der Waals surface area contributed by atoms with Crippen LogP contribution in [-0.4, -0.2) is 31.7 Å². The summed E-state index contributed by atoms with van der Waals surface area (Å²) in [5.74, 6) is 0.606. The zero-order valence-electron chi connectivity index (χ0n) is 14.5. The molecule has 1 aliphatic heterocycles. The topological polar surface area (TPSA) is 59.6 Å². The Bertz CT molecular complexity index is 749. The van der Waals surface area contributed by atoms with Gasteiger partial charge < -0.3 is 20.1 Å². The second-order valence-electron chi connectivity index (χ2n) is 5.95. The fourth-order valence-corrected chi connectivity index (χ4v) is 2.82. The second kappa shape index (κ2) is 9.78. The first-order valence-electron chi connectivity index (χ1n) is 8.23. The quantitative estimate of drug-likeness (QED) is 0.810. The lowest BCUT2D eigenvalue weighted by molar-refractivity contribution is -0.128. The van der Waals surface area contributed by atoms with E-state index in [-0.39, 0.29) is 18.3 Å². The molecular weight excluding hydrogens is 375 g/mol. The van der Waals surface area contributed by atoms with Crippen molar-refractivity contribution >= 4 is 35.6 Å². The van der Waals surface area contributed by atoms with Gasteiger partial charge in [-0.15, -0.1) is 12.4 Å². The van der Waals surface area contributed by atoms with Crippen molar-refractivity contribution < 1.29 is 14.3 Å². The highest BCUT2D eigenvalue weighted by atomic mass is 35.5. The van der Waals surface area contributed by atoms with Crippen LogP contribution in [0.25, 0.3) is 0 Å². The number of carbonyl (C=O) groups excluding carboxylic acids is 1. The second-order valence-corrected chi connectivity index (χ2v) is 6.38. The predicted molar refractivity (Wildman–Crippen MR) is 105 cm³/mol. The molecule has 2 aromatic rings. The zero-order valence-corrected chi connectivity index (χ0v) is 16.0. The number of halogens is 2. The molecule has 140 valence electrons. The van der Waals surface area contributed by atoms with Gasteiger partial charge in [0.15, 0.2) is 0 Å². The Hall–Kier alpha value is -1.79. The number of benzene rings is 2. The predicted octanol–water partition coefficient (Wildman–Crippen LogP) is 3.58. The minimum atomic E-state index is -0.452. The Morgan fingerprint density at radius 1 is 1.35 bits per heavy atom. The SMILES string of the molecule is Cc1cc(OCc2cccc(Cl)c2)ccc1NC(=O)C1CNCCO1.Cl. The molecule has 1 fully saturated rings. The van der Waals surface area contributed by atoms with Gasteiger partial charge >= 0.3 is 0 Å². The van der Waals surface area contributed by atoms with Crippen LogP contribution in [0.15, 0.2) is 42.5 Å². The Morgan fingerprint density at radius 3 is 2.88 bits per heavy atom. The van der Waals surface area contributed by atoms with Gasteiger partial charge in [0, 0.05) is 23.8 Å². The molecule has 0 saturated carbocycles. The average Bonchev–Trinajstić information content (AvgIpc) is 2.63. The normalized spacial score (nSPS) is 16.5. The van der Waals surface area contributed by atoms with Crippen LogP contribution in [0.2, 0.25) is 5.02 Å². The Morgan fingerprint density at radius 2 is 2.19 bits per heavy atom. The summed E-state index contributed by atoms with van der Waals surface area (Å²) in [5, 5.41) is 6.75. The lowest BCUT2D eigenvalue weighted by Crippen LogP contribution is -2.45. The summed E-state index contributed by atoms with van der Waals surface area (Å²) in [5.41, 5.74) is 2.69. The monoisotopic (exact) mass is 396 g/mol. The van der Waals surface area contributed by atoms with E-state index in [4.69, 9.17) is 21.1 Å². The number of rotatable bonds is 5. The minimum Gasteiger partial charge on any atom is -0.489 e. The van der Waals surface area contributed by atoms with Crippen molar-refractivity contribution in [1.82, 2.24) is 5.32 Å². The molecule has 0 aromatic heterocycles. The molecule has 7 heteroatoms. The number of carbonyl (C=O) groups is 1. The maximum Gasteiger partial charge on any atom is 0.254 e. The molecule has 0 radical (unpaired) electrons. The van der Waals surface area contributed by atoms with E-state index in [1.807, 2.05) is 49.4 Å². The van der Waals surface area contributed by atoms with Crippen LogP contribution in [0, 0.1) is 6.92 Å². The summed E-state index contributed by atoms with van der Waals surface area (Å²) in [6, 6.07) is 13.2. The smallest absolute Gasteiger partial charge is 0.254 e. The number of anilines is 1. The summed E-state index contributed by atoms with van der Waals surface area (Å²) in [6.45, 7) is 4.23. The highest BCUT2D eigenvalue weighted by Crippen LogP contribution is 2.23. The zero-order chi connectivity index (χ0) is 17.6. The van der Waals surface area contributed by atoms with Crippen molar-refractivity contribution in [2.75, 3.05) is 25.0 Å². The van der Waals surface area contributed by atoms with E-state index >= 15 is 0 Å². The molecule has 26 heavy (non-hydrogen) atoms. The molecule has 1 atom stereocenters. The molecule has 1 unspecified atom stereocenters. The fourth-order valence-electron chi connectivity index (χ4n) is 2.61. The molecule has 0 bridgehead atoms. The largest absolute Gasteiger partial charge is 0.489 e. The first-order valence-corrected chi connectivity index (χ1v) is 8.61. The lowest BCUT2D eigenvalue weighted by atomic mass is 10.1. The first-order chi connectivity index (χ1) is 12.1. The van der Waals surface area contributed by atoms with Gasteiger partial charge in [-0.1, -0.05) is 23.7 Å². The van der Waals surface area contributed by atoms with Gasteiger partial charge in [0.2, 0.25) is 0 Å². The maximum absolute atomic E-state index is 12.2. The van der Waals surface area contributed by atoms with Crippen LogP contribution in [0.4, 0.5) is 5.69 Å². The summed E-state index contributed by atoms with van der Waals surface area (Å²) in [4.78, 5) is 12.2. The maximum atomic E-state index is 12.2. The van der Waals surface area contributed by atoms with Crippen LogP contribution < -0.4 is 15.4 Å². The summed E-state index contributed by atoms with van der Waals surface area (Å²) >= 11 is 5.97. The van der Waals surface area contributed by atoms with Crippen molar-refractivity contribution in [3.63, 3.8) is 0 Å². The molecular formula is C19H22Cl2N2O3. The molecule has 1 amide bonds. The van der Waals surface area contributed by atoms with Crippen LogP contribution in [-0.2, 0) is 16.1 Å². The van der Waals surface area contributed by atoms with Crippen molar-refractivity contribution in [3.05, 3.63) is 58.6 Å². The van der Waals surface area contributed by atoms with Crippen molar-refractivity contribution in [2.24, 2.45) is 0 Å². The number of ether oxygens (including phenoxy) is 2. The van der Waals surface area contributed by atoms with E-state index in [1.165, 1.54) is 0 Å². The molecule has 2 N–H and O–H groups in total. The summed E-state index contributed by atoms with van der Waals surface area (Å²) < 4.78 is 11.3. The molecule has 2 aromatic carbocycles. The van der Waals surface area contributed by atoms with Crippen LogP contribution in [0.5, 0.6) is 5.75 Å². The molecule has 0 aliphatic carbocycles. The molecule has 1 saturated heterocycles. The van der Waals surface area contributed by atoms with E-state index in [9.17, 15) is 4.79 Å². The number of nitrogens with one attached hydrogen (secondary N) is 2. The summed E-state index contributed by atoms with van der Waals surface area (Å²) in [7, 11) is 0. The van der Waals surface area contributed by atoms with E-state index in [0.717, 1.165) is 29.1 Å². The number of hydrogen-bond acceptors (Lipinski definition) is 4. The molecule has 1 aliphatic rings. The third-order valence-electron chi connectivity index (χ3n) is 3.97. The van der Waals surface area contributed by atoms with Gasteiger partial charge in [-0.3, -0.25) is 4.79 Å². The minimum absolute atomic E-state index is 0. The third kappa shape index (κ3) is 5.61. The van der Waals surface area contributed by atoms with E-state index in [1.54, 1.807) is 0 Å². The van der Waals surface area contributed by atoms with Gasteiger partial charge in [0.1, 0.15) is 18.5 Å². The van der Waals surface area contributed by atoms with E-state index in [0.29, 0.717) is 24.8 Å². The number of amides is 1. The average molecular weight is 397 g/mol. The molecule has 1 heterocycles. The van der Waals surface area contributed by atoms with Crippen molar-refractivity contribution in [3.8, 4) is 5.75 Å².